The number of hydrogen-bond donors (Lipinski definition) is 2. The molecule has 6 rings (SSSR count). The normalized spacial score (nSPS) is 11.0. The number of aryl methyl sites for hydroxylation is 1. The molecule has 2 N–H and O–H groups in total. The van der Waals surface area contributed by atoms with Gasteiger partial charge in [0, 0.05) is 28.5 Å². The molecule has 0 aliphatic rings. The average molecular weight is 591 g/mol. The molecule has 0 saturated carbocycles. The van der Waals surface area contributed by atoms with E-state index in [2.05, 4.69) is 22.8 Å². The fraction of sp³-hybridized carbons (Fsp3) is 0.0513. The number of rotatable bonds is 9. The number of furan rings is 1. The molecule has 0 spiro atoms. The van der Waals surface area contributed by atoms with Crippen molar-refractivity contribution in [2.45, 2.75) is 13.3 Å². The molecular formula is C39H30N2O4. The lowest BCUT2D eigenvalue weighted by Crippen LogP contribution is -2.18. The van der Waals surface area contributed by atoms with Crippen LogP contribution in [0.2, 0.25) is 0 Å². The Labute approximate surface area is 261 Å². The van der Waals surface area contributed by atoms with Crippen molar-refractivity contribution in [1.29, 1.82) is 0 Å². The maximum atomic E-state index is 13.5. The molecule has 5 aromatic carbocycles. The summed E-state index contributed by atoms with van der Waals surface area (Å²) >= 11 is 0. The van der Waals surface area contributed by atoms with Gasteiger partial charge in [-0.2, -0.15) is 0 Å². The van der Waals surface area contributed by atoms with Crippen LogP contribution in [0, 0.1) is 6.92 Å². The number of benzene rings is 5. The number of amides is 2. The van der Waals surface area contributed by atoms with E-state index in [1.165, 1.54) is 6.08 Å². The summed E-state index contributed by atoms with van der Waals surface area (Å²) in [6.07, 6.45) is 3.14. The van der Waals surface area contributed by atoms with Crippen LogP contribution in [-0.2, 0) is 16.0 Å². The van der Waals surface area contributed by atoms with E-state index in [9.17, 15) is 14.4 Å². The number of hydrogen-bond acceptors (Lipinski definition) is 4. The average Bonchev–Trinajstić information content (AvgIpc) is 3.54. The van der Waals surface area contributed by atoms with E-state index in [0.29, 0.717) is 28.5 Å². The fourth-order valence-corrected chi connectivity index (χ4v) is 5.12. The first-order valence-corrected chi connectivity index (χ1v) is 14.6. The second-order valence-corrected chi connectivity index (χ2v) is 10.7. The fourth-order valence-electron chi connectivity index (χ4n) is 5.12. The van der Waals surface area contributed by atoms with Crippen LogP contribution in [0.15, 0.2) is 138 Å². The third-order valence-electron chi connectivity index (χ3n) is 7.41. The van der Waals surface area contributed by atoms with Gasteiger partial charge in [-0.3, -0.25) is 14.4 Å². The van der Waals surface area contributed by atoms with Gasteiger partial charge < -0.3 is 15.1 Å². The SMILES string of the molecule is Cc1ccc(CC(=O)Nc2ccc(NC(=O)/C=C/c3ccc(-c4cccc5ccccc45)o3)cc2C(=O)c2ccccc2)cc1. The predicted octanol–water partition coefficient (Wildman–Crippen LogP) is 8.47. The number of nitrogens with one attached hydrogen (secondary N) is 2. The predicted molar refractivity (Wildman–Crippen MR) is 179 cm³/mol. The Morgan fingerprint density at radius 1 is 0.733 bits per heavy atom. The van der Waals surface area contributed by atoms with Crippen LogP contribution in [0.1, 0.15) is 32.8 Å². The molecule has 0 aliphatic carbocycles. The Balaban J connectivity index is 1.19. The number of ketones is 1. The summed E-state index contributed by atoms with van der Waals surface area (Å²) in [5.74, 6) is 0.314. The monoisotopic (exact) mass is 590 g/mol. The molecule has 6 heteroatoms. The van der Waals surface area contributed by atoms with Gasteiger partial charge in [0.25, 0.3) is 0 Å². The van der Waals surface area contributed by atoms with Crippen molar-refractivity contribution in [2.24, 2.45) is 0 Å². The number of carbonyl (C=O) groups excluding carboxylic acids is 3. The number of anilines is 2. The van der Waals surface area contributed by atoms with E-state index in [1.807, 2.05) is 79.7 Å². The van der Waals surface area contributed by atoms with E-state index >= 15 is 0 Å². The van der Waals surface area contributed by atoms with Crippen LogP contribution in [0.5, 0.6) is 0 Å². The molecule has 220 valence electrons. The van der Waals surface area contributed by atoms with E-state index in [0.717, 1.165) is 27.5 Å². The van der Waals surface area contributed by atoms with Crippen LogP contribution in [0.25, 0.3) is 28.2 Å². The smallest absolute Gasteiger partial charge is 0.248 e. The molecule has 6 nitrogen and oxygen atoms in total. The minimum atomic E-state index is -0.396. The molecule has 0 fully saturated rings. The minimum absolute atomic E-state index is 0.164. The molecular weight excluding hydrogens is 560 g/mol. The largest absolute Gasteiger partial charge is 0.457 e. The summed E-state index contributed by atoms with van der Waals surface area (Å²) in [5.41, 5.74) is 4.46. The third kappa shape index (κ3) is 6.98. The van der Waals surface area contributed by atoms with Gasteiger partial charge in [-0.15, -0.1) is 0 Å². The van der Waals surface area contributed by atoms with Crippen molar-refractivity contribution >= 4 is 45.8 Å². The Bertz CT molecular complexity index is 2030. The van der Waals surface area contributed by atoms with Crippen molar-refractivity contribution < 1.29 is 18.8 Å². The first kappa shape index (κ1) is 29.1. The first-order chi connectivity index (χ1) is 21.9. The second kappa shape index (κ2) is 13.1. The summed E-state index contributed by atoms with van der Waals surface area (Å²) in [6.45, 7) is 1.99. The molecule has 0 atom stereocenters. The Morgan fingerprint density at radius 3 is 2.31 bits per heavy atom. The maximum Gasteiger partial charge on any atom is 0.248 e. The van der Waals surface area contributed by atoms with Crippen molar-refractivity contribution in [2.75, 3.05) is 10.6 Å². The summed E-state index contributed by atoms with van der Waals surface area (Å²) in [7, 11) is 0. The van der Waals surface area contributed by atoms with Gasteiger partial charge in [0.1, 0.15) is 11.5 Å². The molecule has 0 aliphatic heterocycles. The third-order valence-corrected chi connectivity index (χ3v) is 7.41. The van der Waals surface area contributed by atoms with E-state index < -0.39 is 5.91 Å². The molecule has 2 amide bonds. The standard InChI is InChI=1S/C39H30N2O4/c1-26-14-16-27(17-15-26)24-38(43)41-35-21-18-30(25-34(35)39(44)29-9-3-2-4-10-29)40-37(42)23-20-31-19-22-36(45-31)33-13-7-11-28-8-5-6-12-32(28)33/h2-23,25H,24H2,1H3,(H,40,42)(H,41,43)/b23-20+. The Kier molecular flexibility index (Phi) is 8.47. The van der Waals surface area contributed by atoms with E-state index in [-0.39, 0.29) is 23.7 Å². The van der Waals surface area contributed by atoms with Gasteiger partial charge in [0.15, 0.2) is 5.78 Å². The Morgan fingerprint density at radius 2 is 1.49 bits per heavy atom. The first-order valence-electron chi connectivity index (χ1n) is 14.6. The van der Waals surface area contributed by atoms with Crippen LogP contribution >= 0.6 is 0 Å². The summed E-state index contributed by atoms with van der Waals surface area (Å²) < 4.78 is 6.03. The molecule has 45 heavy (non-hydrogen) atoms. The van der Waals surface area contributed by atoms with Gasteiger partial charge in [-0.1, -0.05) is 103 Å². The lowest BCUT2D eigenvalue weighted by Gasteiger charge is -2.13. The van der Waals surface area contributed by atoms with Crippen LogP contribution in [0.3, 0.4) is 0 Å². The highest BCUT2D eigenvalue weighted by Gasteiger charge is 2.17. The highest BCUT2D eigenvalue weighted by molar-refractivity contribution is 6.15. The molecule has 0 radical (unpaired) electrons. The number of carbonyl (C=O) groups is 3. The second-order valence-electron chi connectivity index (χ2n) is 10.7. The van der Waals surface area contributed by atoms with Gasteiger partial charge in [0.2, 0.25) is 11.8 Å². The quantitative estimate of drug-likeness (QED) is 0.131. The van der Waals surface area contributed by atoms with Gasteiger partial charge >= 0.3 is 0 Å². The molecule has 0 saturated heterocycles. The van der Waals surface area contributed by atoms with Crippen LogP contribution in [-0.4, -0.2) is 17.6 Å². The van der Waals surface area contributed by atoms with Crippen LogP contribution in [0.4, 0.5) is 11.4 Å². The molecule has 1 heterocycles. The Hall–Kier alpha value is -6.01. The zero-order valence-electron chi connectivity index (χ0n) is 24.6. The highest BCUT2D eigenvalue weighted by Crippen LogP contribution is 2.30. The van der Waals surface area contributed by atoms with Gasteiger partial charge in [-0.25, -0.2) is 0 Å². The molecule has 6 aromatic rings. The van der Waals surface area contributed by atoms with E-state index in [1.54, 1.807) is 48.5 Å². The van der Waals surface area contributed by atoms with Crippen molar-refractivity contribution in [1.82, 2.24) is 0 Å². The molecule has 1 aromatic heterocycles. The summed E-state index contributed by atoms with van der Waals surface area (Å²) in [6, 6.07) is 39.2. The lowest BCUT2D eigenvalue weighted by molar-refractivity contribution is -0.115. The van der Waals surface area contributed by atoms with Crippen molar-refractivity contribution in [3.63, 3.8) is 0 Å². The van der Waals surface area contributed by atoms with Crippen LogP contribution < -0.4 is 10.6 Å². The maximum absolute atomic E-state index is 13.5. The minimum Gasteiger partial charge on any atom is -0.457 e. The van der Waals surface area contributed by atoms with Gasteiger partial charge in [-0.05, 0) is 59.7 Å². The van der Waals surface area contributed by atoms with E-state index in [4.69, 9.17) is 4.42 Å². The highest BCUT2D eigenvalue weighted by atomic mass is 16.3. The van der Waals surface area contributed by atoms with Gasteiger partial charge in [0.05, 0.1) is 12.1 Å². The summed E-state index contributed by atoms with van der Waals surface area (Å²) in [5, 5.41) is 7.89. The topological polar surface area (TPSA) is 88.4 Å². The van der Waals surface area contributed by atoms with Crippen molar-refractivity contribution in [3.8, 4) is 11.3 Å². The molecule has 0 unspecified atom stereocenters. The summed E-state index contributed by atoms with van der Waals surface area (Å²) in [4.78, 5) is 39.3. The zero-order valence-corrected chi connectivity index (χ0v) is 24.6. The molecule has 0 bridgehead atoms. The van der Waals surface area contributed by atoms with Crippen molar-refractivity contribution in [3.05, 3.63) is 161 Å². The lowest BCUT2D eigenvalue weighted by atomic mass is 10.0. The zero-order chi connectivity index (χ0) is 31.2. The number of fused-ring (bicyclic) bond motifs is 1.